The van der Waals surface area contributed by atoms with Crippen molar-refractivity contribution in [1.82, 2.24) is 5.32 Å². The van der Waals surface area contributed by atoms with Gasteiger partial charge in [0, 0.05) is 22.5 Å². The Hall–Kier alpha value is -0.540. The van der Waals surface area contributed by atoms with Gasteiger partial charge in [-0.3, -0.25) is 0 Å². The molecule has 1 spiro atoms. The Bertz CT molecular complexity index is 480. The number of hydrogen-bond acceptors (Lipinski definition) is 2. The summed E-state index contributed by atoms with van der Waals surface area (Å²) in [6.07, 6.45) is 10.3. The normalized spacial score (nSPS) is 24.8. The van der Waals surface area contributed by atoms with Crippen LogP contribution in [0.15, 0.2) is 22.7 Å². The lowest BCUT2D eigenvalue weighted by molar-refractivity contribution is 0.00662. The van der Waals surface area contributed by atoms with Crippen LogP contribution in [0.3, 0.4) is 0 Å². The lowest BCUT2D eigenvalue weighted by atomic mass is 9.78. The number of benzene rings is 1. The topological polar surface area (TPSA) is 21.3 Å². The Morgan fingerprint density at radius 2 is 1.90 bits per heavy atom. The van der Waals surface area contributed by atoms with Crippen LogP contribution in [0, 0.1) is 0 Å². The van der Waals surface area contributed by atoms with Crippen molar-refractivity contribution in [2.45, 2.75) is 69.9 Å². The van der Waals surface area contributed by atoms with E-state index in [0.29, 0.717) is 6.04 Å². The van der Waals surface area contributed by atoms with Crippen LogP contribution < -0.4 is 10.1 Å². The molecule has 1 fully saturated rings. The van der Waals surface area contributed by atoms with Crippen LogP contribution >= 0.6 is 15.9 Å². The maximum absolute atomic E-state index is 6.57. The van der Waals surface area contributed by atoms with Gasteiger partial charge in [-0.1, -0.05) is 42.1 Å². The Balaban J connectivity index is 1.90. The van der Waals surface area contributed by atoms with Gasteiger partial charge < -0.3 is 10.1 Å². The van der Waals surface area contributed by atoms with Gasteiger partial charge in [-0.2, -0.15) is 0 Å². The van der Waals surface area contributed by atoms with Crippen molar-refractivity contribution in [3.05, 3.63) is 28.2 Å². The van der Waals surface area contributed by atoms with Gasteiger partial charge in [-0.05, 0) is 50.4 Å². The number of fused-ring (bicyclic) bond motifs is 1. The zero-order valence-corrected chi connectivity index (χ0v) is 14.5. The van der Waals surface area contributed by atoms with E-state index in [0.717, 1.165) is 23.2 Å². The fraction of sp³-hybridized carbons (Fsp3) is 0.667. The van der Waals surface area contributed by atoms with E-state index in [9.17, 15) is 0 Å². The first kappa shape index (κ1) is 15.4. The second-order valence-electron chi connectivity index (χ2n) is 6.55. The summed E-state index contributed by atoms with van der Waals surface area (Å²) < 4.78 is 7.71. The third-order valence-corrected chi connectivity index (χ3v) is 5.46. The van der Waals surface area contributed by atoms with Gasteiger partial charge in [0.1, 0.15) is 11.4 Å². The molecule has 1 N–H and O–H groups in total. The highest BCUT2D eigenvalue weighted by atomic mass is 79.9. The summed E-state index contributed by atoms with van der Waals surface area (Å²) in [5.74, 6) is 1.09. The minimum atomic E-state index is 0.0636. The molecule has 116 valence electrons. The summed E-state index contributed by atoms with van der Waals surface area (Å²) in [4.78, 5) is 0. The average Bonchev–Trinajstić information content (AvgIpc) is 2.45. The largest absolute Gasteiger partial charge is 0.487 e. The van der Waals surface area contributed by atoms with Crippen molar-refractivity contribution in [3.63, 3.8) is 0 Å². The Morgan fingerprint density at radius 3 is 2.62 bits per heavy atom. The molecule has 0 bridgehead atoms. The van der Waals surface area contributed by atoms with Gasteiger partial charge in [0.15, 0.2) is 0 Å². The molecule has 1 aromatic carbocycles. The van der Waals surface area contributed by atoms with Crippen LogP contribution in [0.5, 0.6) is 5.75 Å². The minimum Gasteiger partial charge on any atom is -0.487 e. The van der Waals surface area contributed by atoms with E-state index in [4.69, 9.17) is 4.74 Å². The van der Waals surface area contributed by atoms with E-state index in [1.54, 1.807) is 0 Å². The fourth-order valence-electron chi connectivity index (χ4n) is 3.93. The molecule has 1 heterocycles. The van der Waals surface area contributed by atoms with Crippen molar-refractivity contribution < 1.29 is 4.74 Å². The first-order valence-corrected chi connectivity index (χ1v) is 9.24. The highest BCUT2D eigenvalue weighted by Gasteiger charge is 2.40. The van der Waals surface area contributed by atoms with Crippen LogP contribution in [0.4, 0.5) is 0 Å². The molecule has 3 heteroatoms. The zero-order chi connectivity index (χ0) is 14.7. The molecule has 1 aliphatic carbocycles. The second-order valence-corrected chi connectivity index (χ2v) is 7.47. The standard InChI is InChI=1S/C18H26BrNO/c1-2-20-16-13-18(10-6-4-3-5-7-11-18)21-17-9-8-14(19)12-15(16)17/h8-9,12,16,20H,2-7,10-11,13H2,1H3. The third kappa shape index (κ3) is 3.45. The van der Waals surface area contributed by atoms with Gasteiger partial charge >= 0.3 is 0 Å². The van der Waals surface area contributed by atoms with Gasteiger partial charge in [0.2, 0.25) is 0 Å². The summed E-state index contributed by atoms with van der Waals surface area (Å²) in [6.45, 7) is 3.20. The first-order chi connectivity index (χ1) is 10.2. The molecule has 21 heavy (non-hydrogen) atoms. The molecule has 1 saturated carbocycles. The Labute approximate surface area is 136 Å². The number of rotatable bonds is 2. The molecular weight excluding hydrogens is 326 g/mol. The summed E-state index contributed by atoms with van der Waals surface area (Å²) in [5, 5.41) is 3.67. The van der Waals surface area contributed by atoms with E-state index in [1.165, 1.54) is 50.5 Å². The van der Waals surface area contributed by atoms with Crippen LogP contribution in [0.25, 0.3) is 0 Å². The number of hydrogen-bond donors (Lipinski definition) is 1. The van der Waals surface area contributed by atoms with E-state index < -0.39 is 0 Å². The van der Waals surface area contributed by atoms with Crippen molar-refractivity contribution in [1.29, 1.82) is 0 Å². The van der Waals surface area contributed by atoms with E-state index in [-0.39, 0.29) is 5.60 Å². The molecule has 0 saturated heterocycles. The Kier molecular flexibility index (Phi) is 4.90. The van der Waals surface area contributed by atoms with E-state index >= 15 is 0 Å². The van der Waals surface area contributed by atoms with Crippen LogP contribution in [0.1, 0.15) is 69.9 Å². The molecule has 1 unspecified atom stereocenters. The molecule has 3 rings (SSSR count). The van der Waals surface area contributed by atoms with Crippen molar-refractivity contribution in [3.8, 4) is 5.75 Å². The highest BCUT2D eigenvalue weighted by molar-refractivity contribution is 9.10. The molecule has 1 atom stereocenters. The van der Waals surface area contributed by atoms with Crippen LogP contribution in [-0.2, 0) is 0 Å². The highest BCUT2D eigenvalue weighted by Crippen LogP contribution is 2.45. The molecule has 0 radical (unpaired) electrons. The van der Waals surface area contributed by atoms with Gasteiger partial charge in [0.25, 0.3) is 0 Å². The van der Waals surface area contributed by atoms with Gasteiger partial charge in [0.05, 0.1) is 0 Å². The summed E-state index contributed by atoms with van der Waals surface area (Å²) >= 11 is 3.60. The molecular formula is C18H26BrNO. The number of nitrogens with one attached hydrogen (secondary N) is 1. The lowest BCUT2D eigenvalue weighted by Gasteiger charge is -2.43. The van der Waals surface area contributed by atoms with Crippen molar-refractivity contribution in [2.24, 2.45) is 0 Å². The molecule has 1 aromatic rings. The van der Waals surface area contributed by atoms with Gasteiger partial charge in [-0.25, -0.2) is 0 Å². The summed E-state index contributed by atoms with van der Waals surface area (Å²) in [6, 6.07) is 6.89. The minimum absolute atomic E-state index is 0.0636. The quantitative estimate of drug-likeness (QED) is 0.773. The Morgan fingerprint density at radius 1 is 1.19 bits per heavy atom. The molecule has 2 nitrogen and oxygen atoms in total. The SMILES string of the molecule is CCNC1CC2(CCCCCCC2)Oc2ccc(Br)cc21. The lowest BCUT2D eigenvalue weighted by Crippen LogP contribution is -2.44. The monoisotopic (exact) mass is 351 g/mol. The molecule has 1 aliphatic heterocycles. The molecule has 2 aliphatic rings. The van der Waals surface area contributed by atoms with E-state index in [1.807, 2.05) is 0 Å². The average molecular weight is 352 g/mol. The fourth-order valence-corrected chi connectivity index (χ4v) is 4.30. The van der Waals surface area contributed by atoms with Crippen molar-refractivity contribution in [2.75, 3.05) is 6.54 Å². The number of halogens is 1. The van der Waals surface area contributed by atoms with Crippen molar-refractivity contribution >= 4 is 15.9 Å². The van der Waals surface area contributed by atoms with Crippen LogP contribution in [0.2, 0.25) is 0 Å². The zero-order valence-electron chi connectivity index (χ0n) is 13.0. The molecule has 0 aromatic heterocycles. The predicted octanol–water partition coefficient (Wildman–Crippen LogP) is 5.37. The van der Waals surface area contributed by atoms with Gasteiger partial charge in [-0.15, -0.1) is 0 Å². The second kappa shape index (κ2) is 6.70. The third-order valence-electron chi connectivity index (χ3n) is 4.97. The van der Waals surface area contributed by atoms with Crippen LogP contribution in [-0.4, -0.2) is 12.1 Å². The maximum atomic E-state index is 6.57. The molecule has 0 amide bonds. The first-order valence-electron chi connectivity index (χ1n) is 8.44. The number of ether oxygens (including phenoxy) is 1. The van der Waals surface area contributed by atoms with E-state index in [2.05, 4.69) is 46.4 Å². The predicted molar refractivity (Wildman–Crippen MR) is 90.9 cm³/mol. The maximum Gasteiger partial charge on any atom is 0.125 e. The summed E-state index contributed by atoms with van der Waals surface area (Å²) in [7, 11) is 0. The smallest absolute Gasteiger partial charge is 0.125 e. The summed E-state index contributed by atoms with van der Waals surface area (Å²) in [5.41, 5.74) is 1.38.